The van der Waals surface area contributed by atoms with E-state index in [2.05, 4.69) is 36.1 Å². The minimum Gasteiger partial charge on any atom is -0.339 e. The lowest BCUT2D eigenvalue weighted by molar-refractivity contribution is 0.376. The Kier molecular flexibility index (Phi) is 3.34. The van der Waals surface area contributed by atoms with E-state index in [0.29, 0.717) is 18.2 Å². The van der Waals surface area contributed by atoms with Crippen molar-refractivity contribution in [1.82, 2.24) is 10.1 Å². The van der Waals surface area contributed by atoms with Crippen LogP contribution in [0.4, 0.5) is 0 Å². The Morgan fingerprint density at radius 1 is 1.25 bits per heavy atom. The maximum absolute atomic E-state index is 5.23. The molecule has 1 aromatic heterocycles. The van der Waals surface area contributed by atoms with Crippen LogP contribution in [0.2, 0.25) is 0 Å². The van der Waals surface area contributed by atoms with Gasteiger partial charge in [0.15, 0.2) is 5.82 Å². The summed E-state index contributed by atoms with van der Waals surface area (Å²) in [6.07, 6.45) is 1.74. The van der Waals surface area contributed by atoms with E-state index < -0.39 is 0 Å². The molecule has 1 heterocycles. The van der Waals surface area contributed by atoms with E-state index in [0.717, 1.165) is 12.2 Å². The van der Waals surface area contributed by atoms with Gasteiger partial charge in [-0.15, -0.1) is 0 Å². The average molecular weight is 216 g/mol. The first kappa shape index (κ1) is 10.9. The molecule has 0 spiro atoms. The molecule has 1 unspecified atom stereocenters. The van der Waals surface area contributed by atoms with Gasteiger partial charge in [-0.3, -0.25) is 0 Å². The summed E-state index contributed by atoms with van der Waals surface area (Å²) in [6, 6.07) is 10.2. The molecule has 0 aliphatic rings. The molecule has 0 amide bonds. The maximum atomic E-state index is 5.23. The molecule has 84 valence electrons. The number of rotatable bonds is 4. The first-order valence-electron chi connectivity index (χ1n) is 5.66. The van der Waals surface area contributed by atoms with E-state index in [9.17, 15) is 0 Å². The first-order chi connectivity index (χ1) is 7.79. The van der Waals surface area contributed by atoms with Crippen molar-refractivity contribution in [2.45, 2.75) is 32.6 Å². The van der Waals surface area contributed by atoms with Gasteiger partial charge in [0.25, 0.3) is 0 Å². The second kappa shape index (κ2) is 4.92. The molecule has 2 aromatic rings. The van der Waals surface area contributed by atoms with Crippen molar-refractivity contribution >= 4 is 0 Å². The molecule has 1 aromatic carbocycles. The molecule has 0 aliphatic carbocycles. The summed E-state index contributed by atoms with van der Waals surface area (Å²) in [6.45, 7) is 4.23. The fourth-order valence-corrected chi connectivity index (χ4v) is 1.49. The summed E-state index contributed by atoms with van der Waals surface area (Å²) in [5.74, 6) is 1.88. The molecule has 0 bridgehead atoms. The van der Waals surface area contributed by atoms with Crippen LogP contribution in [0.25, 0.3) is 0 Å². The van der Waals surface area contributed by atoms with Crippen LogP contribution >= 0.6 is 0 Å². The van der Waals surface area contributed by atoms with Gasteiger partial charge in [-0.25, -0.2) is 0 Å². The molecule has 3 nitrogen and oxygen atoms in total. The van der Waals surface area contributed by atoms with E-state index in [1.807, 2.05) is 18.2 Å². The van der Waals surface area contributed by atoms with Crippen LogP contribution in [0.3, 0.4) is 0 Å². The molecular formula is C13H16N2O. The van der Waals surface area contributed by atoms with Gasteiger partial charge in [0.1, 0.15) is 0 Å². The van der Waals surface area contributed by atoms with Crippen LogP contribution in [0.1, 0.15) is 43.5 Å². The predicted molar refractivity (Wildman–Crippen MR) is 62.3 cm³/mol. The summed E-state index contributed by atoms with van der Waals surface area (Å²) in [4.78, 5) is 4.40. The zero-order chi connectivity index (χ0) is 11.4. The van der Waals surface area contributed by atoms with Crippen molar-refractivity contribution in [2.75, 3.05) is 0 Å². The Morgan fingerprint density at radius 3 is 2.69 bits per heavy atom. The molecule has 0 saturated carbocycles. The van der Waals surface area contributed by atoms with Crippen molar-refractivity contribution in [3.8, 4) is 0 Å². The molecule has 2 rings (SSSR count). The van der Waals surface area contributed by atoms with Gasteiger partial charge >= 0.3 is 0 Å². The van der Waals surface area contributed by atoms with E-state index in [-0.39, 0.29) is 0 Å². The smallest absolute Gasteiger partial charge is 0.231 e. The zero-order valence-corrected chi connectivity index (χ0v) is 9.68. The molecule has 0 fully saturated rings. The predicted octanol–water partition coefficient (Wildman–Crippen LogP) is 3.17. The lowest BCUT2D eigenvalue weighted by Gasteiger charge is -1.98. The average Bonchev–Trinajstić information content (AvgIpc) is 2.78. The minimum absolute atomic E-state index is 0.369. The fourth-order valence-electron chi connectivity index (χ4n) is 1.49. The number of nitrogens with zero attached hydrogens (tertiary/aromatic N) is 2. The van der Waals surface area contributed by atoms with Crippen LogP contribution in [-0.4, -0.2) is 10.1 Å². The Hall–Kier alpha value is -1.64. The van der Waals surface area contributed by atoms with Gasteiger partial charge in [-0.1, -0.05) is 49.3 Å². The number of aromatic nitrogens is 2. The molecule has 0 aliphatic heterocycles. The van der Waals surface area contributed by atoms with Gasteiger partial charge in [0.05, 0.1) is 6.42 Å². The second-order valence-electron chi connectivity index (χ2n) is 4.02. The standard InChI is InChI=1S/C13H16N2O/c1-3-10(2)13-14-12(16-15-13)9-11-7-5-4-6-8-11/h4-8,10H,3,9H2,1-2H3. The Balaban J connectivity index is 2.09. The lowest BCUT2D eigenvalue weighted by atomic mass is 10.1. The Bertz CT molecular complexity index is 436. The number of benzene rings is 1. The van der Waals surface area contributed by atoms with Crippen molar-refractivity contribution in [2.24, 2.45) is 0 Å². The molecular weight excluding hydrogens is 200 g/mol. The van der Waals surface area contributed by atoms with Crippen LogP contribution < -0.4 is 0 Å². The Morgan fingerprint density at radius 2 is 2.00 bits per heavy atom. The first-order valence-corrected chi connectivity index (χ1v) is 5.66. The number of hydrogen-bond donors (Lipinski definition) is 0. The van der Waals surface area contributed by atoms with Crippen LogP contribution in [0.5, 0.6) is 0 Å². The van der Waals surface area contributed by atoms with Crippen molar-refractivity contribution in [3.63, 3.8) is 0 Å². The Labute approximate surface area is 95.5 Å². The van der Waals surface area contributed by atoms with E-state index in [4.69, 9.17) is 4.52 Å². The third-order valence-electron chi connectivity index (χ3n) is 2.74. The van der Waals surface area contributed by atoms with Crippen LogP contribution in [0.15, 0.2) is 34.9 Å². The van der Waals surface area contributed by atoms with Gasteiger partial charge in [-0.05, 0) is 12.0 Å². The van der Waals surface area contributed by atoms with E-state index in [1.165, 1.54) is 5.56 Å². The van der Waals surface area contributed by atoms with Crippen LogP contribution in [-0.2, 0) is 6.42 Å². The largest absolute Gasteiger partial charge is 0.339 e. The molecule has 16 heavy (non-hydrogen) atoms. The molecule has 0 saturated heterocycles. The summed E-state index contributed by atoms with van der Waals surface area (Å²) in [7, 11) is 0. The fraction of sp³-hybridized carbons (Fsp3) is 0.385. The van der Waals surface area contributed by atoms with Gasteiger partial charge in [-0.2, -0.15) is 4.98 Å². The van der Waals surface area contributed by atoms with E-state index >= 15 is 0 Å². The number of hydrogen-bond acceptors (Lipinski definition) is 3. The lowest BCUT2D eigenvalue weighted by Crippen LogP contribution is -1.94. The highest BCUT2D eigenvalue weighted by Gasteiger charge is 2.11. The quantitative estimate of drug-likeness (QED) is 0.788. The summed E-state index contributed by atoms with van der Waals surface area (Å²) >= 11 is 0. The monoisotopic (exact) mass is 216 g/mol. The summed E-state index contributed by atoms with van der Waals surface area (Å²) in [5, 5.41) is 4.00. The van der Waals surface area contributed by atoms with Gasteiger partial charge in [0.2, 0.25) is 5.89 Å². The minimum atomic E-state index is 0.369. The molecule has 0 radical (unpaired) electrons. The maximum Gasteiger partial charge on any atom is 0.231 e. The van der Waals surface area contributed by atoms with E-state index in [1.54, 1.807) is 0 Å². The third kappa shape index (κ3) is 2.48. The highest BCUT2D eigenvalue weighted by atomic mass is 16.5. The zero-order valence-electron chi connectivity index (χ0n) is 9.68. The SMILES string of the molecule is CCC(C)c1noc(Cc2ccccc2)n1. The highest BCUT2D eigenvalue weighted by Crippen LogP contribution is 2.16. The van der Waals surface area contributed by atoms with Gasteiger partial charge < -0.3 is 4.52 Å². The van der Waals surface area contributed by atoms with Crippen molar-refractivity contribution in [3.05, 3.63) is 47.6 Å². The summed E-state index contributed by atoms with van der Waals surface area (Å²) in [5.41, 5.74) is 1.20. The van der Waals surface area contributed by atoms with Crippen molar-refractivity contribution in [1.29, 1.82) is 0 Å². The molecule has 0 N–H and O–H groups in total. The molecule has 1 atom stereocenters. The third-order valence-corrected chi connectivity index (χ3v) is 2.74. The van der Waals surface area contributed by atoms with Gasteiger partial charge in [0, 0.05) is 5.92 Å². The summed E-state index contributed by atoms with van der Waals surface area (Å²) < 4.78 is 5.23. The van der Waals surface area contributed by atoms with Crippen molar-refractivity contribution < 1.29 is 4.52 Å². The van der Waals surface area contributed by atoms with Crippen LogP contribution in [0, 0.1) is 0 Å². The topological polar surface area (TPSA) is 38.9 Å². The molecule has 3 heteroatoms. The second-order valence-corrected chi connectivity index (χ2v) is 4.02. The normalized spacial score (nSPS) is 12.6. The highest BCUT2D eigenvalue weighted by molar-refractivity contribution is 5.18.